The Balaban J connectivity index is 1.81. The third kappa shape index (κ3) is 3.00. The van der Waals surface area contributed by atoms with Gasteiger partial charge in [0.1, 0.15) is 0 Å². The monoisotopic (exact) mass is 324 g/mol. The minimum Gasteiger partial charge on any atom is -0.119 e. The molecule has 0 aromatic rings. The topological polar surface area (TPSA) is 0 Å². The normalized spacial score (nSPS) is 41.6. The van der Waals surface area contributed by atoms with Crippen LogP contribution >= 0.6 is 0 Å². The van der Waals surface area contributed by atoms with Crippen molar-refractivity contribution in [2.24, 2.45) is 40.4 Å². The summed E-state index contributed by atoms with van der Waals surface area (Å²) in [5.41, 5.74) is 1.02. The van der Waals surface area contributed by atoms with Gasteiger partial charge in [-0.15, -0.1) is 13.0 Å². The number of hydrogen-bond acceptors (Lipinski definition) is 0. The van der Waals surface area contributed by atoms with E-state index in [1.807, 2.05) is 6.08 Å². The van der Waals surface area contributed by atoms with Gasteiger partial charge in [0.05, 0.1) is 0 Å². The van der Waals surface area contributed by atoms with Crippen LogP contribution in [-0.4, -0.2) is 0 Å². The second-order valence-electron chi connectivity index (χ2n) is 9.68. The van der Waals surface area contributed by atoms with Gasteiger partial charge >= 0.3 is 0 Å². The van der Waals surface area contributed by atoms with Crippen molar-refractivity contribution in [3.05, 3.63) is 24.8 Å². The van der Waals surface area contributed by atoms with Crippen LogP contribution in [0.25, 0.3) is 0 Å². The maximum absolute atomic E-state index is 5.68. The lowest BCUT2D eigenvalue weighted by Crippen LogP contribution is -2.52. The molecule has 0 bridgehead atoms. The van der Waals surface area contributed by atoms with E-state index in [1.165, 1.54) is 44.9 Å². The first-order chi connectivity index (χ1) is 11.4. The highest BCUT2D eigenvalue weighted by atomic mass is 14.6. The fourth-order valence-electron chi connectivity index (χ4n) is 6.57. The van der Waals surface area contributed by atoms with Crippen LogP contribution in [0.15, 0.2) is 24.8 Å². The quantitative estimate of drug-likeness (QED) is 0.402. The number of rotatable bonds is 4. The molecule has 0 nitrogen and oxygen atoms in total. The molecule has 0 aromatic carbocycles. The summed E-state index contributed by atoms with van der Waals surface area (Å²) >= 11 is 0. The average Bonchev–Trinajstić information content (AvgIpc) is 2.56. The van der Waals surface area contributed by atoms with E-state index in [4.69, 9.17) is 6.42 Å². The molecule has 6 atom stereocenters. The van der Waals surface area contributed by atoms with Crippen LogP contribution in [0.3, 0.4) is 0 Å². The summed E-state index contributed by atoms with van der Waals surface area (Å²) in [6.45, 7) is 11.6. The largest absolute Gasteiger partial charge is 0.119 e. The minimum atomic E-state index is 0.255. The molecule has 0 heterocycles. The Hall–Kier alpha value is -0.960. The van der Waals surface area contributed by atoms with Gasteiger partial charge in [0.2, 0.25) is 0 Å². The van der Waals surface area contributed by atoms with E-state index < -0.39 is 0 Å². The van der Waals surface area contributed by atoms with Crippen molar-refractivity contribution in [1.82, 2.24) is 0 Å². The van der Waals surface area contributed by atoms with Crippen LogP contribution in [0, 0.1) is 52.8 Å². The van der Waals surface area contributed by atoms with Crippen molar-refractivity contribution < 1.29 is 0 Å². The van der Waals surface area contributed by atoms with Crippen molar-refractivity contribution in [1.29, 1.82) is 0 Å². The zero-order chi connectivity index (χ0) is 17.4. The number of terminal acetylenes is 1. The second-order valence-corrected chi connectivity index (χ2v) is 9.68. The highest BCUT2D eigenvalue weighted by Gasteiger charge is 2.54. The molecule has 0 aromatic heterocycles. The van der Waals surface area contributed by atoms with E-state index in [0.29, 0.717) is 10.8 Å². The Morgan fingerprint density at radius 2 is 2.04 bits per heavy atom. The summed E-state index contributed by atoms with van der Waals surface area (Å²) < 4.78 is 0. The van der Waals surface area contributed by atoms with E-state index in [1.54, 1.807) is 0 Å². The van der Waals surface area contributed by atoms with Crippen molar-refractivity contribution in [3.8, 4) is 12.3 Å². The molecule has 24 heavy (non-hydrogen) atoms. The van der Waals surface area contributed by atoms with Gasteiger partial charge in [0, 0.05) is 5.92 Å². The SMILES string of the molecule is C#CC(C=C)CCC1C2CCC3CC=CCC3(C)C2CCC1(C)C. The fourth-order valence-corrected chi connectivity index (χ4v) is 6.57. The summed E-state index contributed by atoms with van der Waals surface area (Å²) in [6, 6.07) is 0. The second kappa shape index (κ2) is 6.74. The summed E-state index contributed by atoms with van der Waals surface area (Å²) in [7, 11) is 0. The number of allylic oxidation sites excluding steroid dienone is 3. The predicted octanol–water partition coefficient (Wildman–Crippen LogP) is 6.64. The van der Waals surface area contributed by atoms with Crippen LogP contribution in [0.4, 0.5) is 0 Å². The lowest BCUT2D eigenvalue weighted by Gasteiger charge is -2.60. The molecular weight excluding hydrogens is 288 g/mol. The maximum Gasteiger partial charge on any atom is 0.0377 e. The number of fused-ring (bicyclic) bond motifs is 3. The van der Waals surface area contributed by atoms with Gasteiger partial charge in [-0.3, -0.25) is 0 Å². The Morgan fingerprint density at radius 1 is 1.25 bits per heavy atom. The minimum absolute atomic E-state index is 0.255. The predicted molar refractivity (Wildman–Crippen MR) is 104 cm³/mol. The van der Waals surface area contributed by atoms with Crippen LogP contribution < -0.4 is 0 Å². The summed E-state index contributed by atoms with van der Waals surface area (Å²) in [4.78, 5) is 0. The first kappa shape index (κ1) is 17.8. The van der Waals surface area contributed by atoms with Crippen molar-refractivity contribution in [2.45, 2.75) is 72.1 Å². The van der Waals surface area contributed by atoms with E-state index in [-0.39, 0.29) is 5.92 Å². The molecule has 3 aliphatic carbocycles. The van der Waals surface area contributed by atoms with Crippen molar-refractivity contribution in [2.75, 3.05) is 0 Å². The summed E-state index contributed by atoms with van der Waals surface area (Å²) in [5, 5.41) is 0. The third-order valence-corrected chi connectivity index (χ3v) is 8.20. The average molecular weight is 325 g/mol. The summed E-state index contributed by atoms with van der Waals surface area (Å²) in [5.74, 6) is 6.76. The molecule has 0 radical (unpaired) electrons. The Morgan fingerprint density at radius 3 is 2.75 bits per heavy atom. The zero-order valence-electron chi connectivity index (χ0n) is 16.1. The van der Waals surface area contributed by atoms with E-state index in [0.717, 1.165) is 30.1 Å². The third-order valence-electron chi connectivity index (χ3n) is 8.20. The van der Waals surface area contributed by atoms with Gasteiger partial charge < -0.3 is 0 Å². The van der Waals surface area contributed by atoms with Gasteiger partial charge in [0.25, 0.3) is 0 Å². The molecule has 0 N–H and O–H groups in total. The molecule has 0 aliphatic heterocycles. The fraction of sp³-hybridized carbons (Fsp3) is 0.750. The Bertz CT molecular complexity index is 531. The molecule has 0 saturated heterocycles. The molecule has 0 heteroatoms. The molecule has 2 saturated carbocycles. The zero-order valence-corrected chi connectivity index (χ0v) is 16.1. The number of hydrogen-bond donors (Lipinski definition) is 0. The van der Waals surface area contributed by atoms with Gasteiger partial charge in [-0.2, -0.15) is 0 Å². The molecule has 6 unspecified atom stereocenters. The van der Waals surface area contributed by atoms with Crippen LogP contribution in [0.2, 0.25) is 0 Å². The van der Waals surface area contributed by atoms with Gasteiger partial charge in [-0.25, -0.2) is 0 Å². The molecule has 0 spiro atoms. The first-order valence-electron chi connectivity index (χ1n) is 10.2. The molecule has 3 aliphatic rings. The Kier molecular flexibility index (Phi) is 5.01. The van der Waals surface area contributed by atoms with Gasteiger partial charge in [-0.05, 0) is 85.9 Å². The standard InChI is InChI=1S/C24H36/c1-6-18(7-2)11-14-21-20-13-12-19-10-8-9-16-24(19,5)22(20)15-17-23(21,3)4/h1,7-9,18-22H,2,10-17H2,3-5H3. The highest BCUT2D eigenvalue weighted by molar-refractivity contribution is 5.10. The van der Waals surface area contributed by atoms with Crippen LogP contribution in [0.1, 0.15) is 72.1 Å². The van der Waals surface area contributed by atoms with Gasteiger partial charge in [-0.1, -0.05) is 44.9 Å². The first-order valence-corrected chi connectivity index (χ1v) is 10.2. The van der Waals surface area contributed by atoms with Gasteiger partial charge in [0.15, 0.2) is 0 Å². The molecule has 132 valence electrons. The molecule has 2 fully saturated rings. The molecule has 3 rings (SSSR count). The van der Waals surface area contributed by atoms with Crippen molar-refractivity contribution >= 4 is 0 Å². The lowest BCUT2D eigenvalue weighted by atomic mass is 9.45. The molecule has 0 amide bonds. The smallest absolute Gasteiger partial charge is 0.0377 e. The summed E-state index contributed by atoms with van der Waals surface area (Å²) in [6.07, 6.45) is 23.3. The van der Waals surface area contributed by atoms with E-state index in [2.05, 4.69) is 45.4 Å². The van der Waals surface area contributed by atoms with E-state index in [9.17, 15) is 0 Å². The van der Waals surface area contributed by atoms with E-state index >= 15 is 0 Å². The van der Waals surface area contributed by atoms with Crippen molar-refractivity contribution in [3.63, 3.8) is 0 Å². The highest BCUT2D eigenvalue weighted by Crippen LogP contribution is 2.62. The maximum atomic E-state index is 5.68. The van der Waals surface area contributed by atoms with Crippen LogP contribution in [-0.2, 0) is 0 Å². The van der Waals surface area contributed by atoms with Crippen LogP contribution in [0.5, 0.6) is 0 Å². The lowest BCUT2D eigenvalue weighted by molar-refractivity contribution is -0.0955. The Labute approximate surface area is 150 Å². The molecular formula is C24H36.